The smallest absolute Gasteiger partial charge is 0.263 e. The van der Waals surface area contributed by atoms with Crippen molar-refractivity contribution in [2.24, 2.45) is 0 Å². The number of hydrogen-bond acceptors (Lipinski definition) is 6. The average Bonchev–Trinajstić information content (AvgIpc) is 3.29. The van der Waals surface area contributed by atoms with Gasteiger partial charge < -0.3 is 4.52 Å². The molecule has 0 aliphatic heterocycles. The summed E-state index contributed by atoms with van der Waals surface area (Å²) in [6.07, 6.45) is 0.658. The number of halogens is 1. The van der Waals surface area contributed by atoms with Crippen molar-refractivity contribution in [2.45, 2.75) is 13.3 Å². The monoisotopic (exact) mass is 410 g/mol. The molecular formula is C20H15ClN4O2S. The van der Waals surface area contributed by atoms with E-state index in [9.17, 15) is 4.79 Å². The van der Waals surface area contributed by atoms with Crippen molar-refractivity contribution in [3.05, 3.63) is 81.5 Å². The lowest BCUT2D eigenvalue weighted by atomic mass is 10.1. The van der Waals surface area contributed by atoms with E-state index in [-0.39, 0.29) is 5.91 Å². The summed E-state index contributed by atoms with van der Waals surface area (Å²) in [5, 5.41) is 16.8. The summed E-state index contributed by atoms with van der Waals surface area (Å²) in [5.74, 6) is 0.0394. The summed E-state index contributed by atoms with van der Waals surface area (Å²) in [6.45, 7) is 1.68. The molecule has 0 unspecified atom stereocenters. The molecule has 2 aromatic carbocycles. The van der Waals surface area contributed by atoms with E-state index in [1.807, 2.05) is 42.5 Å². The fourth-order valence-corrected chi connectivity index (χ4v) is 3.78. The molecular weight excluding hydrogens is 396 g/mol. The maximum atomic E-state index is 12.9. The highest BCUT2D eigenvalue weighted by Gasteiger charge is 2.24. The number of amides is 1. The SMILES string of the molecule is Cc1onc(-c2ccccc2Cl)c1C(=O)Nc1nnc(Cc2ccccc2)s1. The molecule has 4 rings (SSSR count). The molecule has 0 aliphatic rings. The fraction of sp³-hybridized carbons (Fsp3) is 0.100. The van der Waals surface area contributed by atoms with Crippen molar-refractivity contribution in [3.63, 3.8) is 0 Å². The highest BCUT2D eigenvalue weighted by Crippen LogP contribution is 2.31. The Kier molecular flexibility index (Phi) is 5.18. The summed E-state index contributed by atoms with van der Waals surface area (Å²) < 4.78 is 5.25. The maximum Gasteiger partial charge on any atom is 0.263 e. The zero-order valence-corrected chi connectivity index (χ0v) is 16.4. The van der Waals surface area contributed by atoms with Gasteiger partial charge in [-0.3, -0.25) is 10.1 Å². The van der Waals surface area contributed by atoms with Crippen LogP contribution in [0.4, 0.5) is 5.13 Å². The molecule has 0 atom stereocenters. The third kappa shape index (κ3) is 3.81. The van der Waals surface area contributed by atoms with Gasteiger partial charge in [0.05, 0.1) is 5.02 Å². The largest absolute Gasteiger partial charge is 0.360 e. The predicted molar refractivity (Wildman–Crippen MR) is 109 cm³/mol. The first-order valence-corrected chi connectivity index (χ1v) is 9.70. The molecule has 140 valence electrons. The number of carbonyl (C=O) groups is 1. The maximum absolute atomic E-state index is 12.9. The first-order chi connectivity index (χ1) is 13.6. The van der Waals surface area contributed by atoms with E-state index in [1.54, 1.807) is 19.1 Å². The second-order valence-corrected chi connectivity index (χ2v) is 7.53. The van der Waals surface area contributed by atoms with Crippen molar-refractivity contribution in [2.75, 3.05) is 5.32 Å². The number of hydrogen-bond donors (Lipinski definition) is 1. The van der Waals surface area contributed by atoms with E-state index in [0.717, 1.165) is 10.6 Å². The van der Waals surface area contributed by atoms with Gasteiger partial charge in [-0.2, -0.15) is 0 Å². The second kappa shape index (κ2) is 7.92. The molecule has 8 heteroatoms. The molecule has 0 bridgehead atoms. The van der Waals surface area contributed by atoms with Crippen LogP contribution >= 0.6 is 22.9 Å². The van der Waals surface area contributed by atoms with Crippen molar-refractivity contribution < 1.29 is 9.32 Å². The minimum absolute atomic E-state index is 0.327. The molecule has 0 saturated carbocycles. The predicted octanol–water partition coefficient (Wildman–Crippen LogP) is 5.00. The lowest BCUT2D eigenvalue weighted by molar-refractivity contribution is 0.102. The minimum atomic E-state index is -0.365. The lowest BCUT2D eigenvalue weighted by Gasteiger charge is -2.04. The van der Waals surface area contributed by atoms with Crippen LogP contribution < -0.4 is 5.32 Å². The fourth-order valence-electron chi connectivity index (χ4n) is 2.78. The van der Waals surface area contributed by atoms with E-state index >= 15 is 0 Å². The van der Waals surface area contributed by atoms with Crippen LogP contribution in [0, 0.1) is 6.92 Å². The van der Waals surface area contributed by atoms with Crippen LogP contribution in [0.2, 0.25) is 5.02 Å². The molecule has 1 amide bonds. The molecule has 0 spiro atoms. The van der Waals surface area contributed by atoms with Crippen LogP contribution in [0.5, 0.6) is 0 Å². The highest BCUT2D eigenvalue weighted by atomic mass is 35.5. The van der Waals surface area contributed by atoms with Crippen LogP contribution in [-0.2, 0) is 6.42 Å². The Labute approximate surface area is 170 Å². The Morgan fingerprint density at radius 1 is 1.11 bits per heavy atom. The molecule has 0 saturated heterocycles. The zero-order chi connectivity index (χ0) is 19.5. The topological polar surface area (TPSA) is 80.9 Å². The van der Waals surface area contributed by atoms with E-state index in [0.29, 0.717) is 39.2 Å². The number of rotatable bonds is 5. The average molecular weight is 411 g/mol. The van der Waals surface area contributed by atoms with E-state index in [2.05, 4.69) is 20.7 Å². The normalized spacial score (nSPS) is 10.8. The Bertz CT molecular complexity index is 1120. The molecule has 0 radical (unpaired) electrons. The standard InChI is InChI=1S/C20H15ClN4O2S/c1-12-17(18(25-27-12)14-9-5-6-10-15(14)21)19(26)22-20-24-23-16(28-20)11-13-7-3-2-4-8-13/h2-10H,11H2,1H3,(H,22,24,26). The Morgan fingerprint density at radius 2 is 1.86 bits per heavy atom. The molecule has 2 heterocycles. The van der Waals surface area contributed by atoms with Crippen LogP contribution in [0.1, 0.15) is 26.7 Å². The van der Waals surface area contributed by atoms with Crippen LogP contribution in [0.25, 0.3) is 11.3 Å². The molecule has 28 heavy (non-hydrogen) atoms. The van der Waals surface area contributed by atoms with Crippen molar-refractivity contribution in [3.8, 4) is 11.3 Å². The Balaban J connectivity index is 1.55. The first kappa shape index (κ1) is 18.3. The van der Waals surface area contributed by atoms with E-state index in [1.165, 1.54) is 11.3 Å². The Morgan fingerprint density at radius 3 is 2.64 bits per heavy atom. The van der Waals surface area contributed by atoms with Gasteiger partial charge in [-0.25, -0.2) is 0 Å². The van der Waals surface area contributed by atoms with Gasteiger partial charge in [0.15, 0.2) is 0 Å². The van der Waals surface area contributed by atoms with Gasteiger partial charge in [0.2, 0.25) is 5.13 Å². The van der Waals surface area contributed by atoms with Crippen molar-refractivity contribution >= 4 is 34.0 Å². The molecule has 4 aromatic rings. The summed E-state index contributed by atoms with van der Waals surface area (Å²) in [7, 11) is 0. The quantitative estimate of drug-likeness (QED) is 0.500. The Hall–Kier alpha value is -3.03. The summed E-state index contributed by atoms with van der Waals surface area (Å²) in [4.78, 5) is 12.9. The number of aromatic nitrogens is 3. The number of nitrogens with zero attached hydrogens (tertiary/aromatic N) is 3. The summed E-state index contributed by atoms with van der Waals surface area (Å²) in [6, 6.07) is 17.1. The van der Waals surface area contributed by atoms with Gasteiger partial charge in [0.1, 0.15) is 22.0 Å². The number of aryl methyl sites for hydroxylation is 1. The summed E-state index contributed by atoms with van der Waals surface area (Å²) >= 11 is 7.58. The number of carbonyl (C=O) groups excluding carboxylic acids is 1. The lowest BCUT2D eigenvalue weighted by Crippen LogP contribution is -2.13. The molecule has 2 aromatic heterocycles. The van der Waals surface area contributed by atoms with E-state index in [4.69, 9.17) is 16.1 Å². The van der Waals surface area contributed by atoms with Crippen LogP contribution in [0.3, 0.4) is 0 Å². The third-order valence-electron chi connectivity index (χ3n) is 4.10. The van der Waals surface area contributed by atoms with Gasteiger partial charge in [0.25, 0.3) is 5.91 Å². The molecule has 0 aliphatic carbocycles. The van der Waals surface area contributed by atoms with Gasteiger partial charge in [-0.15, -0.1) is 10.2 Å². The minimum Gasteiger partial charge on any atom is -0.360 e. The van der Waals surface area contributed by atoms with Crippen molar-refractivity contribution in [1.29, 1.82) is 0 Å². The van der Waals surface area contributed by atoms with E-state index < -0.39 is 0 Å². The zero-order valence-electron chi connectivity index (χ0n) is 14.8. The molecule has 1 N–H and O–H groups in total. The highest BCUT2D eigenvalue weighted by molar-refractivity contribution is 7.15. The summed E-state index contributed by atoms with van der Waals surface area (Å²) in [5.41, 5.74) is 2.49. The first-order valence-electron chi connectivity index (χ1n) is 8.50. The van der Waals surface area contributed by atoms with Crippen molar-refractivity contribution in [1.82, 2.24) is 15.4 Å². The third-order valence-corrected chi connectivity index (χ3v) is 5.27. The molecule has 6 nitrogen and oxygen atoms in total. The van der Waals surface area contributed by atoms with Gasteiger partial charge >= 0.3 is 0 Å². The second-order valence-electron chi connectivity index (χ2n) is 6.06. The number of anilines is 1. The van der Waals surface area contributed by atoms with Gasteiger partial charge in [-0.1, -0.05) is 76.6 Å². The van der Waals surface area contributed by atoms with Crippen LogP contribution in [0.15, 0.2) is 59.1 Å². The van der Waals surface area contributed by atoms with Gasteiger partial charge in [-0.05, 0) is 18.6 Å². The van der Waals surface area contributed by atoms with Crippen LogP contribution in [-0.4, -0.2) is 21.3 Å². The number of nitrogens with one attached hydrogen (secondary N) is 1. The molecule has 0 fully saturated rings. The number of benzene rings is 2. The van der Waals surface area contributed by atoms with Gasteiger partial charge in [0, 0.05) is 12.0 Å².